The Hall–Kier alpha value is -1.85. The zero-order valence-electron chi connectivity index (χ0n) is 11.5. The molecule has 6 nitrogen and oxygen atoms in total. The van der Waals surface area contributed by atoms with Gasteiger partial charge in [-0.2, -0.15) is 0 Å². The molecule has 6 heteroatoms. The number of hydrogen-bond donors (Lipinski definition) is 3. The second-order valence-corrected chi connectivity index (χ2v) is 4.74. The summed E-state index contributed by atoms with van der Waals surface area (Å²) in [6, 6.07) is 2.09. The highest BCUT2D eigenvalue weighted by Crippen LogP contribution is 2.13. The van der Waals surface area contributed by atoms with E-state index in [4.69, 9.17) is 0 Å². The fourth-order valence-electron chi connectivity index (χ4n) is 2.11. The Morgan fingerprint density at radius 2 is 2.21 bits per heavy atom. The molecule has 1 unspecified atom stereocenters. The van der Waals surface area contributed by atoms with Gasteiger partial charge in [-0.15, -0.1) is 0 Å². The Labute approximate surface area is 113 Å². The van der Waals surface area contributed by atoms with Crippen LogP contribution in [0, 0.1) is 0 Å². The lowest BCUT2D eigenvalue weighted by Crippen LogP contribution is -2.32. The number of anilines is 2. The molecule has 0 aromatic carbocycles. The molecule has 1 aliphatic heterocycles. The minimum Gasteiger partial charge on any atom is -0.373 e. The van der Waals surface area contributed by atoms with Gasteiger partial charge in [-0.25, -0.2) is 9.97 Å². The van der Waals surface area contributed by atoms with E-state index in [1.165, 1.54) is 0 Å². The van der Waals surface area contributed by atoms with Gasteiger partial charge in [0.15, 0.2) is 0 Å². The lowest BCUT2D eigenvalue weighted by molar-refractivity contribution is -0.119. The zero-order chi connectivity index (χ0) is 13.7. The monoisotopic (exact) mass is 263 g/mol. The van der Waals surface area contributed by atoms with E-state index >= 15 is 0 Å². The van der Waals surface area contributed by atoms with E-state index in [0.29, 0.717) is 13.0 Å². The molecule has 3 N–H and O–H groups in total. The van der Waals surface area contributed by atoms with Gasteiger partial charge in [-0.05, 0) is 12.8 Å². The van der Waals surface area contributed by atoms with Crippen molar-refractivity contribution >= 4 is 17.5 Å². The van der Waals surface area contributed by atoms with Gasteiger partial charge in [0.05, 0.1) is 0 Å². The number of amides is 1. The van der Waals surface area contributed by atoms with Gasteiger partial charge in [0, 0.05) is 38.5 Å². The average molecular weight is 263 g/mol. The second kappa shape index (κ2) is 6.36. The molecule has 0 aliphatic carbocycles. The first-order valence-electron chi connectivity index (χ1n) is 6.80. The molecule has 0 spiro atoms. The van der Waals surface area contributed by atoms with Crippen molar-refractivity contribution in [3.63, 3.8) is 0 Å². The predicted octanol–water partition coefficient (Wildman–Crippen LogP) is 1.16. The van der Waals surface area contributed by atoms with Crippen molar-refractivity contribution in [1.29, 1.82) is 0 Å². The summed E-state index contributed by atoms with van der Waals surface area (Å²) in [7, 11) is 1.85. The van der Waals surface area contributed by atoms with E-state index in [0.717, 1.165) is 36.7 Å². The van der Waals surface area contributed by atoms with Gasteiger partial charge < -0.3 is 16.0 Å². The molecule has 104 valence electrons. The number of carbonyl (C=O) groups excluding carboxylic acids is 1. The van der Waals surface area contributed by atoms with E-state index in [2.05, 4.69) is 32.8 Å². The van der Waals surface area contributed by atoms with Crippen molar-refractivity contribution in [3.05, 3.63) is 11.9 Å². The maximum atomic E-state index is 11.1. The third-order valence-corrected chi connectivity index (χ3v) is 3.12. The quantitative estimate of drug-likeness (QED) is 0.718. The van der Waals surface area contributed by atoms with Crippen LogP contribution in [0.4, 0.5) is 11.6 Å². The number of nitrogens with zero attached hydrogens (tertiary/aromatic N) is 2. The van der Waals surface area contributed by atoms with Gasteiger partial charge >= 0.3 is 0 Å². The lowest BCUT2D eigenvalue weighted by atomic mass is 10.2. The molecule has 2 heterocycles. The van der Waals surface area contributed by atoms with Crippen molar-refractivity contribution in [2.45, 2.75) is 38.6 Å². The smallest absolute Gasteiger partial charge is 0.220 e. The first kappa shape index (κ1) is 13.6. The lowest BCUT2D eigenvalue weighted by Gasteiger charge is -2.13. The van der Waals surface area contributed by atoms with E-state index in [9.17, 15) is 4.79 Å². The highest BCUT2D eigenvalue weighted by Gasteiger charge is 2.20. The maximum Gasteiger partial charge on any atom is 0.220 e. The highest BCUT2D eigenvalue weighted by atomic mass is 16.1. The molecule has 0 saturated carbocycles. The number of aromatic nitrogens is 2. The molecule has 0 radical (unpaired) electrons. The first-order valence-corrected chi connectivity index (χ1v) is 6.80. The second-order valence-electron chi connectivity index (χ2n) is 4.74. The third-order valence-electron chi connectivity index (χ3n) is 3.12. The SMILES string of the molecule is CCCc1nc(NC)cc(NCC2CCC(=O)N2)n1. The van der Waals surface area contributed by atoms with Crippen LogP contribution >= 0.6 is 0 Å². The zero-order valence-corrected chi connectivity index (χ0v) is 11.5. The van der Waals surface area contributed by atoms with Gasteiger partial charge in [-0.3, -0.25) is 4.79 Å². The van der Waals surface area contributed by atoms with E-state index in [1.54, 1.807) is 0 Å². The molecule has 1 aromatic heterocycles. The molecular weight excluding hydrogens is 242 g/mol. The number of rotatable bonds is 6. The first-order chi connectivity index (χ1) is 9.21. The van der Waals surface area contributed by atoms with Crippen LogP contribution in [0.25, 0.3) is 0 Å². The molecule has 1 fully saturated rings. The van der Waals surface area contributed by atoms with E-state index in [-0.39, 0.29) is 11.9 Å². The van der Waals surface area contributed by atoms with Gasteiger partial charge in [0.1, 0.15) is 17.5 Å². The Morgan fingerprint density at radius 1 is 1.42 bits per heavy atom. The molecule has 1 amide bonds. The largest absolute Gasteiger partial charge is 0.373 e. The number of aryl methyl sites for hydroxylation is 1. The summed E-state index contributed by atoms with van der Waals surface area (Å²) in [5.74, 6) is 2.60. The van der Waals surface area contributed by atoms with Crippen LogP contribution in [0.2, 0.25) is 0 Å². The summed E-state index contributed by atoms with van der Waals surface area (Å²) in [5, 5.41) is 9.25. The number of nitrogens with one attached hydrogen (secondary N) is 3. The van der Waals surface area contributed by atoms with Crippen molar-refractivity contribution in [1.82, 2.24) is 15.3 Å². The topological polar surface area (TPSA) is 78.9 Å². The third kappa shape index (κ3) is 3.81. The van der Waals surface area contributed by atoms with E-state index < -0.39 is 0 Å². The van der Waals surface area contributed by atoms with Crippen LogP contribution < -0.4 is 16.0 Å². The normalized spacial score (nSPS) is 18.2. The fraction of sp³-hybridized carbons (Fsp3) is 0.615. The molecule has 1 atom stereocenters. The summed E-state index contributed by atoms with van der Waals surface area (Å²) in [6.07, 6.45) is 3.40. The molecule has 1 saturated heterocycles. The molecular formula is C13H21N5O. The van der Waals surface area contributed by atoms with Gasteiger partial charge in [0.2, 0.25) is 5.91 Å². The van der Waals surface area contributed by atoms with E-state index in [1.807, 2.05) is 13.1 Å². The molecule has 1 aliphatic rings. The van der Waals surface area contributed by atoms with Crippen molar-refractivity contribution in [3.8, 4) is 0 Å². The van der Waals surface area contributed by atoms with Gasteiger partial charge in [0.25, 0.3) is 0 Å². The van der Waals surface area contributed by atoms with Crippen LogP contribution in [0.15, 0.2) is 6.07 Å². The molecule has 2 rings (SSSR count). The summed E-state index contributed by atoms with van der Waals surface area (Å²) in [6.45, 7) is 2.81. The summed E-state index contributed by atoms with van der Waals surface area (Å²) in [5.41, 5.74) is 0. The highest BCUT2D eigenvalue weighted by molar-refractivity contribution is 5.78. The average Bonchev–Trinajstić information content (AvgIpc) is 2.82. The standard InChI is InChI=1S/C13H21N5O/c1-3-4-10-17-11(14-2)7-12(18-10)15-8-9-5-6-13(19)16-9/h7,9H,3-6,8H2,1-2H3,(H,16,19)(H2,14,15,17,18). The van der Waals surface area contributed by atoms with Crippen molar-refractivity contribution < 1.29 is 4.79 Å². The Bertz CT molecular complexity index is 449. The predicted molar refractivity (Wildman–Crippen MR) is 75.2 cm³/mol. The maximum absolute atomic E-state index is 11.1. The van der Waals surface area contributed by atoms with Crippen LogP contribution in [-0.2, 0) is 11.2 Å². The fourth-order valence-corrected chi connectivity index (χ4v) is 2.11. The number of carbonyl (C=O) groups is 1. The number of hydrogen-bond acceptors (Lipinski definition) is 5. The van der Waals surface area contributed by atoms with Crippen molar-refractivity contribution in [2.24, 2.45) is 0 Å². The van der Waals surface area contributed by atoms with Crippen LogP contribution in [0.1, 0.15) is 32.0 Å². The Balaban J connectivity index is 1.98. The summed E-state index contributed by atoms with van der Waals surface area (Å²) < 4.78 is 0. The van der Waals surface area contributed by atoms with Crippen LogP contribution in [0.5, 0.6) is 0 Å². The summed E-state index contributed by atoms with van der Waals surface area (Å²) in [4.78, 5) is 20.0. The molecule has 1 aromatic rings. The van der Waals surface area contributed by atoms with Gasteiger partial charge in [-0.1, -0.05) is 6.92 Å². The Kier molecular flexibility index (Phi) is 4.54. The summed E-state index contributed by atoms with van der Waals surface area (Å²) >= 11 is 0. The van der Waals surface area contributed by atoms with Crippen LogP contribution in [0.3, 0.4) is 0 Å². The molecule has 0 bridgehead atoms. The molecule has 19 heavy (non-hydrogen) atoms. The van der Waals surface area contributed by atoms with Crippen LogP contribution in [-0.4, -0.2) is 35.5 Å². The van der Waals surface area contributed by atoms with Crippen molar-refractivity contribution in [2.75, 3.05) is 24.2 Å². The minimum atomic E-state index is 0.136. The minimum absolute atomic E-state index is 0.136. The Morgan fingerprint density at radius 3 is 2.84 bits per heavy atom.